The number of allylic oxidation sites excluding steroid dienone is 2. The number of nitrogens with zero attached hydrogens (tertiary/aromatic N) is 2. The van der Waals surface area contributed by atoms with Gasteiger partial charge in [0.05, 0.1) is 11.3 Å². The summed E-state index contributed by atoms with van der Waals surface area (Å²) in [5, 5.41) is 0.746. The number of amidine groups is 1. The molecule has 108 valence electrons. The second kappa shape index (κ2) is 6.20. The lowest BCUT2D eigenvalue weighted by Gasteiger charge is -2.23. The van der Waals surface area contributed by atoms with Crippen molar-refractivity contribution in [1.29, 1.82) is 0 Å². The van der Waals surface area contributed by atoms with Crippen molar-refractivity contribution in [3.63, 3.8) is 0 Å². The second-order valence-corrected chi connectivity index (χ2v) is 5.70. The highest BCUT2D eigenvalue weighted by Gasteiger charge is 2.37. The Morgan fingerprint density at radius 3 is 2.32 bits per heavy atom. The highest BCUT2D eigenvalue weighted by molar-refractivity contribution is 8.13. The van der Waals surface area contributed by atoms with Crippen LogP contribution in [0.2, 0.25) is 0 Å². The molecule has 0 unspecified atom stereocenters. The van der Waals surface area contributed by atoms with Crippen LogP contribution in [0.15, 0.2) is 16.3 Å². The predicted octanol–water partition coefficient (Wildman–Crippen LogP) is 4.19. The van der Waals surface area contributed by atoms with E-state index in [1.807, 2.05) is 6.26 Å². The van der Waals surface area contributed by atoms with Gasteiger partial charge in [0.15, 0.2) is 5.17 Å². The Labute approximate surface area is 116 Å². The first kappa shape index (κ1) is 14.8. The number of rotatable bonds is 1. The summed E-state index contributed by atoms with van der Waals surface area (Å²) < 4.78 is 38.9. The van der Waals surface area contributed by atoms with Gasteiger partial charge >= 0.3 is 6.18 Å². The van der Waals surface area contributed by atoms with Crippen LogP contribution in [0, 0.1) is 0 Å². The molecule has 2 nitrogen and oxygen atoms in total. The van der Waals surface area contributed by atoms with Crippen molar-refractivity contribution in [2.45, 2.75) is 44.7 Å². The van der Waals surface area contributed by atoms with E-state index in [-0.39, 0.29) is 12.1 Å². The summed E-state index contributed by atoms with van der Waals surface area (Å²) in [6.45, 7) is 1.82. The van der Waals surface area contributed by atoms with E-state index in [0.717, 1.165) is 37.5 Å². The van der Waals surface area contributed by atoms with E-state index < -0.39 is 11.7 Å². The molecule has 1 aliphatic heterocycles. The van der Waals surface area contributed by atoms with Crippen molar-refractivity contribution in [1.82, 2.24) is 4.90 Å². The molecule has 0 amide bonds. The van der Waals surface area contributed by atoms with Gasteiger partial charge < -0.3 is 4.90 Å². The average Bonchev–Trinajstić information content (AvgIpc) is 2.89. The zero-order valence-electron chi connectivity index (χ0n) is 11.1. The van der Waals surface area contributed by atoms with E-state index in [0.29, 0.717) is 12.8 Å². The highest BCUT2D eigenvalue weighted by atomic mass is 32.2. The van der Waals surface area contributed by atoms with E-state index >= 15 is 0 Å². The number of alkyl halides is 3. The van der Waals surface area contributed by atoms with Crippen molar-refractivity contribution in [3.05, 3.63) is 11.3 Å². The highest BCUT2D eigenvalue weighted by Crippen LogP contribution is 2.38. The summed E-state index contributed by atoms with van der Waals surface area (Å²) in [6.07, 6.45) is 1.85. The lowest BCUT2D eigenvalue weighted by molar-refractivity contribution is -0.0959. The molecular formula is C13H19F3N2S. The van der Waals surface area contributed by atoms with Gasteiger partial charge in [0, 0.05) is 13.1 Å². The van der Waals surface area contributed by atoms with Crippen LogP contribution in [0.25, 0.3) is 0 Å². The van der Waals surface area contributed by atoms with Crippen LogP contribution in [0.4, 0.5) is 13.2 Å². The zero-order valence-corrected chi connectivity index (χ0v) is 11.9. The first-order valence-electron chi connectivity index (χ1n) is 6.69. The van der Waals surface area contributed by atoms with E-state index in [1.165, 1.54) is 11.8 Å². The number of aliphatic imine (C=N–C) groups is 1. The lowest BCUT2D eigenvalue weighted by Crippen LogP contribution is -2.26. The third-order valence-corrected chi connectivity index (χ3v) is 4.29. The fourth-order valence-electron chi connectivity index (χ4n) is 2.59. The van der Waals surface area contributed by atoms with Crippen molar-refractivity contribution in [3.8, 4) is 0 Å². The van der Waals surface area contributed by atoms with Gasteiger partial charge in [-0.2, -0.15) is 13.2 Å². The first-order chi connectivity index (χ1) is 9.02. The summed E-state index contributed by atoms with van der Waals surface area (Å²) in [5.41, 5.74) is -0.153. The average molecular weight is 292 g/mol. The number of halogens is 3. The molecular weight excluding hydrogens is 273 g/mol. The van der Waals surface area contributed by atoms with Crippen molar-refractivity contribution in [2.24, 2.45) is 4.99 Å². The minimum Gasteiger partial charge on any atom is -0.351 e. The topological polar surface area (TPSA) is 15.6 Å². The summed E-state index contributed by atoms with van der Waals surface area (Å²) >= 11 is 1.45. The van der Waals surface area contributed by atoms with Gasteiger partial charge in [0.1, 0.15) is 0 Å². The van der Waals surface area contributed by atoms with Crippen LogP contribution in [-0.4, -0.2) is 35.6 Å². The zero-order chi connectivity index (χ0) is 13.9. The molecule has 6 heteroatoms. The summed E-state index contributed by atoms with van der Waals surface area (Å²) in [7, 11) is 0. The largest absolute Gasteiger partial charge is 0.414 e. The molecule has 2 rings (SSSR count). The van der Waals surface area contributed by atoms with Gasteiger partial charge in [-0.05, 0) is 44.8 Å². The quantitative estimate of drug-likeness (QED) is 0.532. The fraction of sp³-hybridized carbons (Fsp3) is 0.769. The lowest BCUT2D eigenvalue weighted by atomic mass is 9.96. The Balaban J connectivity index is 2.27. The van der Waals surface area contributed by atoms with Crippen LogP contribution in [-0.2, 0) is 0 Å². The van der Waals surface area contributed by atoms with Gasteiger partial charge in [-0.3, -0.25) is 0 Å². The third kappa shape index (κ3) is 3.68. The number of hydrogen-bond donors (Lipinski definition) is 0. The van der Waals surface area contributed by atoms with Gasteiger partial charge in [-0.15, -0.1) is 0 Å². The van der Waals surface area contributed by atoms with Gasteiger partial charge in [-0.25, -0.2) is 4.99 Å². The molecule has 0 saturated carbocycles. The SMILES string of the molecule is CSC(=NC1=C(C(F)(F)F)CCCC1)N1CCCC1. The number of likely N-dealkylation sites (tertiary alicyclic amines) is 1. The molecule has 1 aliphatic carbocycles. The molecule has 0 bridgehead atoms. The number of hydrogen-bond acceptors (Lipinski definition) is 2. The maximum atomic E-state index is 13.0. The van der Waals surface area contributed by atoms with E-state index in [2.05, 4.69) is 9.89 Å². The summed E-state index contributed by atoms with van der Waals surface area (Å²) in [5.74, 6) is 0. The minimum atomic E-state index is -4.23. The molecule has 0 radical (unpaired) electrons. The molecule has 19 heavy (non-hydrogen) atoms. The van der Waals surface area contributed by atoms with E-state index in [4.69, 9.17) is 0 Å². The molecule has 0 aromatic carbocycles. The molecule has 0 aromatic rings. The summed E-state index contributed by atoms with van der Waals surface area (Å²) in [6, 6.07) is 0. The van der Waals surface area contributed by atoms with Crippen LogP contribution >= 0.6 is 11.8 Å². The third-order valence-electron chi connectivity index (χ3n) is 3.57. The predicted molar refractivity (Wildman–Crippen MR) is 73.3 cm³/mol. The summed E-state index contributed by atoms with van der Waals surface area (Å²) in [4.78, 5) is 6.45. The molecule has 2 aliphatic rings. The Morgan fingerprint density at radius 2 is 1.74 bits per heavy atom. The monoisotopic (exact) mass is 292 g/mol. The van der Waals surface area contributed by atoms with E-state index in [1.54, 1.807) is 0 Å². The standard InChI is InChI=1S/C13H19F3N2S/c1-19-12(18-8-4-5-9-18)17-11-7-3-2-6-10(11)13(14,15)16/h2-9H2,1H3. The van der Waals surface area contributed by atoms with Gasteiger partial charge in [0.25, 0.3) is 0 Å². The molecule has 0 spiro atoms. The van der Waals surface area contributed by atoms with Crippen molar-refractivity contribution < 1.29 is 13.2 Å². The van der Waals surface area contributed by atoms with Crippen LogP contribution in [0.1, 0.15) is 38.5 Å². The van der Waals surface area contributed by atoms with E-state index in [9.17, 15) is 13.2 Å². The number of thioether (sulfide) groups is 1. The second-order valence-electron chi connectivity index (χ2n) is 4.92. The Morgan fingerprint density at radius 1 is 1.11 bits per heavy atom. The Bertz CT molecular complexity index is 382. The molecule has 0 aromatic heterocycles. The van der Waals surface area contributed by atoms with Crippen molar-refractivity contribution >= 4 is 16.9 Å². The fourth-order valence-corrected chi connectivity index (χ4v) is 3.23. The van der Waals surface area contributed by atoms with Crippen molar-refractivity contribution in [2.75, 3.05) is 19.3 Å². The first-order valence-corrected chi connectivity index (χ1v) is 7.91. The van der Waals surface area contributed by atoms with Crippen LogP contribution in [0.3, 0.4) is 0 Å². The molecule has 1 heterocycles. The maximum absolute atomic E-state index is 13.0. The maximum Gasteiger partial charge on any atom is 0.414 e. The van der Waals surface area contributed by atoms with Crippen LogP contribution < -0.4 is 0 Å². The van der Waals surface area contributed by atoms with Crippen LogP contribution in [0.5, 0.6) is 0 Å². The van der Waals surface area contributed by atoms with Gasteiger partial charge in [-0.1, -0.05) is 11.8 Å². The Hall–Kier alpha value is -0.650. The molecule has 1 fully saturated rings. The Kier molecular flexibility index (Phi) is 4.81. The minimum absolute atomic E-state index is 0.115. The molecule has 1 saturated heterocycles. The normalized spacial score (nSPS) is 22.3. The smallest absolute Gasteiger partial charge is 0.351 e. The van der Waals surface area contributed by atoms with Gasteiger partial charge in [0.2, 0.25) is 0 Å². The molecule has 0 atom stereocenters. The molecule has 0 N–H and O–H groups in total.